The van der Waals surface area contributed by atoms with Crippen LogP contribution in [-0.2, 0) is 23.9 Å². The maximum atomic E-state index is 11.6. The third-order valence-corrected chi connectivity index (χ3v) is 3.23. The Morgan fingerprint density at radius 2 is 1.35 bits per heavy atom. The molecule has 0 atom stereocenters. The maximum absolute atomic E-state index is 11.6. The summed E-state index contributed by atoms with van der Waals surface area (Å²) in [5.74, 6) is -4.03. The van der Waals surface area contributed by atoms with Gasteiger partial charge in [-0.05, 0) is 0 Å². The molecular weight excluding hydrogens is 330 g/mol. The summed E-state index contributed by atoms with van der Waals surface area (Å²) in [7, 11) is 0. The molecular formula is C12H3Cl3O5. The van der Waals surface area contributed by atoms with Gasteiger partial charge in [0.05, 0.1) is 10.1 Å². The first kappa shape index (κ1) is 14.7. The topological polar surface area (TPSA) is 77.5 Å². The van der Waals surface area contributed by atoms with Gasteiger partial charge in [0.15, 0.2) is 11.5 Å². The number of ether oxygens (including phenoxy) is 1. The molecule has 0 aliphatic heterocycles. The second-order valence-electron chi connectivity index (χ2n) is 3.66. The summed E-state index contributed by atoms with van der Waals surface area (Å²) in [4.78, 5) is 46.0. The van der Waals surface area contributed by atoms with Gasteiger partial charge < -0.3 is 4.74 Å². The Balaban J connectivity index is 2.34. The van der Waals surface area contributed by atoms with Gasteiger partial charge in [-0.3, -0.25) is 19.2 Å². The zero-order valence-electron chi connectivity index (χ0n) is 9.41. The molecule has 2 rings (SSSR count). The zero-order chi connectivity index (χ0) is 15.0. The lowest BCUT2D eigenvalue weighted by molar-refractivity contribution is -0.119. The normalized spacial score (nSPS) is 19.9. The summed E-state index contributed by atoms with van der Waals surface area (Å²) in [6.07, 6.45) is 2.45. The van der Waals surface area contributed by atoms with Gasteiger partial charge in [0.2, 0.25) is 23.1 Å². The average Bonchev–Trinajstić information content (AvgIpc) is 2.38. The lowest BCUT2D eigenvalue weighted by Crippen LogP contribution is -2.20. The molecule has 2 aliphatic rings. The van der Waals surface area contributed by atoms with Crippen LogP contribution in [0.5, 0.6) is 0 Å². The predicted molar refractivity (Wildman–Crippen MR) is 69.9 cm³/mol. The van der Waals surface area contributed by atoms with Crippen LogP contribution in [0.2, 0.25) is 0 Å². The first-order valence-electron chi connectivity index (χ1n) is 5.02. The van der Waals surface area contributed by atoms with Crippen LogP contribution in [-0.4, -0.2) is 23.1 Å². The average molecular weight is 334 g/mol. The highest BCUT2D eigenvalue weighted by Gasteiger charge is 2.31. The van der Waals surface area contributed by atoms with Crippen molar-refractivity contribution in [2.45, 2.75) is 0 Å². The summed E-state index contributed by atoms with van der Waals surface area (Å²) < 4.78 is 4.97. The maximum Gasteiger partial charge on any atom is 0.224 e. The Labute approximate surface area is 127 Å². The molecule has 20 heavy (non-hydrogen) atoms. The molecule has 5 nitrogen and oxygen atoms in total. The van der Waals surface area contributed by atoms with E-state index in [-0.39, 0.29) is 10.1 Å². The Kier molecular flexibility index (Phi) is 3.94. The quantitative estimate of drug-likeness (QED) is 0.721. The molecule has 102 valence electrons. The van der Waals surface area contributed by atoms with E-state index < -0.39 is 39.7 Å². The molecule has 8 heteroatoms. The number of allylic oxidation sites excluding steroid dienone is 6. The van der Waals surface area contributed by atoms with Gasteiger partial charge in [0.1, 0.15) is 5.03 Å². The van der Waals surface area contributed by atoms with Crippen molar-refractivity contribution in [2.75, 3.05) is 0 Å². The Morgan fingerprint density at radius 3 is 2.00 bits per heavy atom. The first-order valence-corrected chi connectivity index (χ1v) is 6.16. The van der Waals surface area contributed by atoms with Crippen LogP contribution in [0.1, 0.15) is 0 Å². The van der Waals surface area contributed by atoms with Crippen molar-refractivity contribution in [3.8, 4) is 0 Å². The summed E-state index contributed by atoms with van der Waals surface area (Å²) in [6.45, 7) is 0. The fraction of sp³-hybridized carbons (Fsp3) is 0. The molecule has 0 bridgehead atoms. The molecule has 0 fully saturated rings. The van der Waals surface area contributed by atoms with Crippen molar-refractivity contribution >= 4 is 57.9 Å². The molecule has 0 saturated carbocycles. The Morgan fingerprint density at radius 1 is 0.750 bits per heavy atom. The predicted octanol–water partition coefficient (Wildman–Crippen LogP) is 1.89. The molecule has 0 aromatic carbocycles. The van der Waals surface area contributed by atoms with Crippen LogP contribution in [0.15, 0.2) is 44.8 Å². The number of hydrogen-bond donors (Lipinski definition) is 0. The lowest BCUT2D eigenvalue weighted by atomic mass is 10.1. The highest BCUT2D eigenvalue weighted by Crippen LogP contribution is 2.28. The van der Waals surface area contributed by atoms with E-state index in [0.717, 1.165) is 18.2 Å². The van der Waals surface area contributed by atoms with Gasteiger partial charge >= 0.3 is 0 Å². The second-order valence-corrected chi connectivity index (χ2v) is 4.85. The zero-order valence-corrected chi connectivity index (χ0v) is 11.7. The van der Waals surface area contributed by atoms with E-state index in [0.29, 0.717) is 0 Å². The van der Waals surface area contributed by atoms with Crippen molar-refractivity contribution in [3.05, 3.63) is 44.8 Å². The molecule has 0 N–H and O–H groups in total. The Hall–Kier alpha value is -1.69. The van der Waals surface area contributed by atoms with E-state index in [1.807, 2.05) is 0 Å². The van der Waals surface area contributed by atoms with Crippen LogP contribution in [0.3, 0.4) is 0 Å². The molecule has 0 aromatic rings. The van der Waals surface area contributed by atoms with E-state index in [2.05, 4.69) is 0 Å². The Bertz CT molecular complexity index is 694. The van der Waals surface area contributed by atoms with E-state index in [9.17, 15) is 19.2 Å². The summed E-state index contributed by atoms with van der Waals surface area (Å²) in [5, 5.41) is -1.21. The van der Waals surface area contributed by atoms with Crippen LogP contribution in [0.4, 0.5) is 0 Å². The highest BCUT2D eigenvalue weighted by atomic mass is 35.5. The number of ketones is 4. The number of carbonyl (C=O) groups excluding carboxylic acids is 4. The van der Waals surface area contributed by atoms with Gasteiger partial charge in [-0.1, -0.05) is 34.8 Å². The molecule has 2 aliphatic carbocycles. The van der Waals surface area contributed by atoms with E-state index in [1.54, 1.807) is 0 Å². The minimum Gasteiger partial charge on any atom is -0.447 e. The fourth-order valence-electron chi connectivity index (χ4n) is 1.36. The summed E-state index contributed by atoms with van der Waals surface area (Å²) >= 11 is 16.6. The summed E-state index contributed by atoms with van der Waals surface area (Å²) in [5.41, 5.74) is 0. The van der Waals surface area contributed by atoms with Crippen molar-refractivity contribution in [1.29, 1.82) is 0 Å². The van der Waals surface area contributed by atoms with E-state index in [1.165, 1.54) is 0 Å². The molecule has 0 radical (unpaired) electrons. The molecule has 0 spiro atoms. The number of halogens is 3. The minimum atomic E-state index is -0.813. The third kappa shape index (κ3) is 2.60. The van der Waals surface area contributed by atoms with Crippen LogP contribution >= 0.6 is 34.8 Å². The van der Waals surface area contributed by atoms with Crippen molar-refractivity contribution in [1.82, 2.24) is 0 Å². The van der Waals surface area contributed by atoms with Gasteiger partial charge in [-0.25, -0.2) is 0 Å². The number of carbonyl (C=O) groups is 4. The third-order valence-electron chi connectivity index (χ3n) is 2.31. The van der Waals surface area contributed by atoms with E-state index >= 15 is 0 Å². The van der Waals surface area contributed by atoms with Gasteiger partial charge in [-0.2, -0.15) is 0 Å². The smallest absolute Gasteiger partial charge is 0.224 e. The number of hydrogen-bond acceptors (Lipinski definition) is 5. The standard InChI is InChI=1S/C12H3Cl3O5/c13-4-1-7(17)9(3-6(4)16)20-12-8(18)2-5(14)11(19)10(12)15/h1-3H. The SMILES string of the molecule is O=C1C=C(OC2=C(Cl)C(=O)C(Cl)=CC2=O)C(=O)C=C1Cl. The van der Waals surface area contributed by atoms with Crippen LogP contribution in [0, 0.1) is 0 Å². The van der Waals surface area contributed by atoms with Gasteiger partial charge in [0.25, 0.3) is 0 Å². The number of Topliss-reactive ketones (excluding diaryl/α,β-unsaturated/α-hetero) is 1. The molecule has 0 heterocycles. The van der Waals surface area contributed by atoms with Gasteiger partial charge in [0, 0.05) is 18.2 Å². The first-order chi connectivity index (χ1) is 9.31. The largest absolute Gasteiger partial charge is 0.447 e. The summed E-state index contributed by atoms with van der Waals surface area (Å²) in [6, 6.07) is 0. The highest BCUT2D eigenvalue weighted by molar-refractivity contribution is 6.57. The van der Waals surface area contributed by atoms with Crippen molar-refractivity contribution in [3.63, 3.8) is 0 Å². The van der Waals surface area contributed by atoms with Crippen LogP contribution < -0.4 is 0 Å². The number of rotatable bonds is 2. The van der Waals surface area contributed by atoms with E-state index in [4.69, 9.17) is 39.5 Å². The second kappa shape index (κ2) is 5.36. The van der Waals surface area contributed by atoms with Crippen LogP contribution in [0.25, 0.3) is 0 Å². The lowest BCUT2D eigenvalue weighted by Gasteiger charge is -2.15. The van der Waals surface area contributed by atoms with Crippen molar-refractivity contribution < 1.29 is 23.9 Å². The monoisotopic (exact) mass is 332 g/mol. The van der Waals surface area contributed by atoms with Crippen molar-refractivity contribution in [2.24, 2.45) is 0 Å². The molecule has 0 saturated heterocycles. The van der Waals surface area contributed by atoms with Gasteiger partial charge in [-0.15, -0.1) is 0 Å². The molecule has 0 unspecified atom stereocenters. The molecule has 0 aromatic heterocycles. The minimum absolute atomic E-state index is 0.281. The fourth-order valence-corrected chi connectivity index (χ4v) is 1.99. The molecule has 0 amide bonds.